The van der Waals surface area contributed by atoms with Gasteiger partial charge >= 0.3 is 11.9 Å². The zero-order chi connectivity index (χ0) is 33.4. The van der Waals surface area contributed by atoms with Crippen molar-refractivity contribution in [2.24, 2.45) is 22.2 Å². The van der Waals surface area contributed by atoms with Gasteiger partial charge in [-0.25, -0.2) is 14.1 Å². The smallest absolute Gasteiger partial charge is 0.330 e. The normalized spacial score (nSPS) is 14.2. The lowest BCUT2D eigenvalue weighted by molar-refractivity contribution is -0.160. The van der Waals surface area contributed by atoms with E-state index in [0.717, 1.165) is 29.5 Å². The molecule has 1 aliphatic rings. The SMILES string of the molecule is CNC(=O)c1c(-c2ccc(C)cc2)oc2nc(CN(CCCCC(=O)OC(=O)[C@@H](N)CCCN=C(N)N)S(=O)[O-])c(C3CC3)cc12. The third kappa shape index (κ3) is 9.19. The van der Waals surface area contributed by atoms with Crippen LogP contribution in [0.1, 0.15) is 78.0 Å². The fourth-order valence-corrected chi connectivity index (χ4v) is 5.52. The number of esters is 2. The Hall–Kier alpha value is -4.18. The molecule has 1 unspecified atom stereocenters. The fraction of sp³-hybridized carbons (Fsp3) is 0.452. The summed E-state index contributed by atoms with van der Waals surface area (Å²) in [6.45, 7) is 2.37. The van der Waals surface area contributed by atoms with E-state index in [1.165, 1.54) is 4.31 Å². The molecule has 1 aromatic carbocycles. The number of pyridine rings is 1. The van der Waals surface area contributed by atoms with Crippen LogP contribution >= 0.6 is 0 Å². The molecule has 2 aromatic heterocycles. The quantitative estimate of drug-likeness (QED) is 0.0437. The van der Waals surface area contributed by atoms with Gasteiger partial charge in [0.2, 0.25) is 5.71 Å². The van der Waals surface area contributed by atoms with Gasteiger partial charge in [-0.15, -0.1) is 0 Å². The first-order valence-corrected chi connectivity index (χ1v) is 16.2. The number of unbranched alkanes of at least 4 members (excludes halogenated alkanes) is 1. The Kier molecular flexibility index (Phi) is 12.0. The van der Waals surface area contributed by atoms with Crippen molar-refractivity contribution in [2.75, 3.05) is 20.1 Å². The van der Waals surface area contributed by atoms with Gasteiger partial charge in [0.25, 0.3) is 5.91 Å². The van der Waals surface area contributed by atoms with Crippen LogP contribution in [0.4, 0.5) is 0 Å². The molecule has 2 atom stereocenters. The van der Waals surface area contributed by atoms with Gasteiger partial charge in [-0.05, 0) is 63.0 Å². The highest BCUT2D eigenvalue weighted by molar-refractivity contribution is 7.76. The van der Waals surface area contributed by atoms with Crippen molar-refractivity contribution in [3.63, 3.8) is 0 Å². The second-order valence-corrected chi connectivity index (χ2v) is 12.2. The molecule has 1 fully saturated rings. The number of aromatic nitrogens is 1. The average Bonchev–Trinajstić information content (AvgIpc) is 3.80. The van der Waals surface area contributed by atoms with E-state index in [-0.39, 0.29) is 55.9 Å². The largest absolute Gasteiger partial charge is 0.760 e. The molecule has 0 bridgehead atoms. The Morgan fingerprint density at radius 2 is 1.91 bits per heavy atom. The monoisotopic (exact) mass is 654 g/mol. The number of fused-ring (bicyclic) bond motifs is 1. The number of nitrogens with one attached hydrogen (secondary N) is 1. The maximum Gasteiger partial charge on any atom is 0.330 e. The van der Waals surface area contributed by atoms with Crippen LogP contribution in [-0.2, 0) is 32.1 Å². The molecule has 0 aliphatic heterocycles. The van der Waals surface area contributed by atoms with Crippen LogP contribution in [0, 0.1) is 6.92 Å². The molecule has 1 saturated carbocycles. The molecular weight excluding hydrogens is 614 g/mol. The summed E-state index contributed by atoms with van der Waals surface area (Å²) in [5.74, 6) is -1.35. The van der Waals surface area contributed by atoms with Crippen molar-refractivity contribution in [1.82, 2.24) is 14.6 Å². The maximum atomic E-state index is 13.0. The van der Waals surface area contributed by atoms with Crippen molar-refractivity contribution < 1.29 is 32.3 Å². The number of aliphatic imine (C=N–C) groups is 1. The second-order valence-electron chi connectivity index (χ2n) is 11.3. The molecule has 7 N–H and O–H groups in total. The number of furan rings is 1. The zero-order valence-corrected chi connectivity index (χ0v) is 26.8. The highest BCUT2D eigenvalue weighted by Crippen LogP contribution is 2.44. The number of carbonyl (C=O) groups is 3. The molecule has 0 saturated heterocycles. The molecule has 4 rings (SSSR count). The molecular formula is C31H40N7O7S-. The molecule has 14 nitrogen and oxygen atoms in total. The lowest BCUT2D eigenvalue weighted by Crippen LogP contribution is -2.34. The average molecular weight is 655 g/mol. The minimum absolute atomic E-state index is 0.00854. The van der Waals surface area contributed by atoms with Crippen molar-refractivity contribution in [2.45, 2.75) is 70.4 Å². The molecule has 1 amide bonds. The number of nitrogens with two attached hydrogens (primary N) is 3. The first-order valence-electron chi connectivity index (χ1n) is 15.1. The highest BCUT2D eigenvalue weighted by Gasteiger charge is 2.31. The molecule has 0 spiro atoms. The molecule has 0 radical (unpaired) electrons. The van der Waals surface area contributed by atoms with Crippen LogP contribution in [0.15, 0.2) is 39.7 Å². The number of nitrogens with zero attached hydrogens (tertiary/aromatic N) is 3. The maximum absolute atomic E-state index is 13.0. The van der Waals surface area contributed by atoms with Gasteiger partial charge in [0.1, 0.15) is 11.8 Å². The van der Waals surface area contributed by atoms with Gasteiger partial charge in [-0.3, -0.25) is 18.8 Å². The molecule has 15 heteroatoms. The molecule has 248 valence electrons. The van der Waals surface area contributed by atoms with E-state index >= 15 is 0 Å². The van der Waals surface area contributed by atoms with E-state index in [9.17, 15) is 23.1 Å². The third-order valence-electron chi connectivity index (χ3n) is 7.64. The Bertz CT molecular complexity index is 1620. The van der Waals surface area contributed by atoms with Crippen LogP contribution < -0.4 is 22.5 Å². The van der Waals surface area contributed by atoms with E-state index in [0.29, 0.717) is 41.8 Å². The summed E-state index contributed by atoms with van der Waals surface area (Å²) in [4.78, 5) is 45.8. The van der Waals surface area contributed by atoms with Gasteiger partial charge in [-0.1, -0.05) is 29.8 Å². The summed E-state index contributed by atoms with van der Waals surface area (Å²) in [5.41, 5.74) is 20.1. The van der Waals surface area contributed by atoms with Crippen LogP contribution in [-0.4, -0.2) is 68.0 Å². The Labute approximate surface area is 269 Å². The number of guanidine groups is 1. The standard InChI is InChI=1S/C31H41N7O7S/c1-18-8-10-20(11-9-18)27-26(28(40)35-2)22-16-21(19-12-13-19)24(37-29(22)45-27)17-38(46(42)43)15-4-3-7-25(39)44-30(41)23(32)6-5-14-36-31(33)34/h8-11,16,19,23H,3-7,12-15,17,32H2,1-2H3,(H,35,40)(H,42,43)(H4,33,34,36)/p-1/t23-/m0/s1. The lowest BCUT2D eigenvalue weighted by atomic mass is 10.0. The van der Waals surface area contributed by atoms with Gasteiger partial charge in [-0.2, -0.15) is 0 Å². The molecule has 46 heavy (non-hydrogen) atoms. The number of hydrogen-bond donors (Lipinski definition) is 4. The first kappa shape index (κ1) is 34.7. The minimum atomic E-state index is -2.58. The summed E-state index contributed by atoms with van der Waals surface area (Å²) in [6.07, 6.45) is 3.08. The van der Waals surface area contributed by atoms with E-state index in [1.54, 1.807) is 7.05 Å². The van der Waals surface area contributed by atoms with E-state index in [4.69, 9.17) is 31.3 Å². The predicted octanol–water partition coefficient (Wildman–Crippen LogP) is 2.26. The van der Waals surface area contributed by atoms with E-state index in [1.807, 2.05) is 37.3 Å². The first-order chi connectivity index (χ1) is 22.0. The summed E-state index contributed by atoms with van der Waals surface area (Å²) in [5, 5.41) is 3.25. The second kappa shape index (κ2) is 15.9. The van der Waals surface area contributed by atoms with Crippen molar-refractivity contribution in [3.05, 3.63) is 52.7 Å². The van der Waals surface area contributed by atoms with Crippen LogP contribution in [0.5, 0.6) is 0 Å². The number of hydrogen-bond acceptors (Lipinski definition) is 10. The molecule has 2 heterocycles. The predicted molar refractivity (Wildman–Crippen MR) is 172 cm³/mol. The van der Waals surface area contributed by atoms with Gasteiger partial charge in [0.05, 0.1) is 23.2 Å². The van der Waals surface area contributed by atoms with Crippen molar-refractivity contribution >= 4 is 46.2 Å². The minimum Gasteiger partial charge on any atom is -0.760 e. The number of aryl methyl sites for hydroxylation is 1. The van der Waals surface area contributed by atoms with Gasteiger partial charge in [0.15, 0.2) is 5.96 Å². The van der Waals surface area contributed by atoms with Crippen LogP contribution in [0.3, 0.4) is 0 Å². The molecule has 3 aromatic rings. The topological polar surface area (TPSA) is 232 Å². The number of amides is 1. The van der Waals surface area contributed by atoms with Gasteiger partial charge < -0.3 is 36.2 Å². The lowest BCUT2D eigenvalue weighted by Gasteiger charge is -2.24. The number of ether oxygens (including phenoxy) is 1. The van der Waals surface area contributed by atoms with Crippen LogP contribution in [0.2, 0.25) is 0 Å². The summed E-state index contributed by atoms with van der Waals surface area (Å²) in [6, 6.07) is 8.52. The summed E-state index contributed by atoms with van der Waals surface area (Å²) in [7, 11) is 1.55. The van der Waals surface area contributed by atoms with Gasteiger partial charge in [0, 0.05) is 43.4 Å². The van der Waals surface area contributed by atoms with E-state index in [2.05, 4.69) is 10.3 Å². The highest BCUT2D eigenvalue weighted by atomic mass is 32.2. The number of benzene rings is 1. The Balaban J connectivity index is 1.42. The zero-order valence-electron chi connectivity index (χ0n) is 26.0. The number of carbonyl (C=O) groups excluding carboxylic acids is 3. The third-order valence-corrected chi connectivity index (χ3v) is 8.37. The Morgan fingerprint density at radius 1 is 1.20 bits per heavy atom. The summed E-state index contributed by atoms with van der Waals surface area (Å²) < 4.78 is 36.6. The fourth-order valence-electron chi connectivity index (χ4n) is 5.01. The van der Waals surface area contributed by atoms with Crippen LogP contribution in [0.25, 0.3) is 22.4 Å². The number of rotatable bonds is 16. The van der Waals surface area contributed by atoms with E-state index < -0.39 is 29.2 Å². The Morgan fingerprint density at radius 3 is 2.54 bits per heavy atom. The molecule has 1 aliphatic carbocycles. The van der Waals surface area contributed by atoms with Crippen molar-refractivity contribution in [3.8, 4) is 11.3 Å². The van der Waals surface area contributed by atoms with Crippen molar-refractivity contribution in [1.29, 1.82) is 0 Å². The summed E-state index contributed by atoms with van der Waals surface area (Å²) >= 11 is -2.58.